The van der Waals surface area contributed by atoms with E-state index < -0.39 is 23.5 Å². The van der Waals surface area contributed by atoms with E-state index in [0.717, 1.165) is 18.2 Å². The molecule has 120 valence electrons. The second-order valence-corrected chi connectivity index (χ2v) is 4.58. The number of hydrogen-bond acceptors (Lipinski definition) is 4. The first-order valence-corrected chi connectivity index (χ1v) is 6.44. The van der Waals surface area contributed by atoms with Gasteiger partial charge in [0.05, 0.1) is 19.8 Å². The van der Waals surface area contributed by atoms with Crippen molar-refractivity contribution < 1.29 is 27.8 Å². The SMILES string of the molecule is COC(=O)c1cc(-c2ccc(F)c(C(N)=O)c2)c(F)cc1OC. The van der Waals surface area contributed by atoms with Crippen LogP contribution in [0.4, 0.5) is 8.78 Å². The fraction of sp³-hybridized carbons (Fsp3) is 0.125. The smallest absolute Gasteiger partial charge is 0.341 e. The molecule has 2 rings (SSSR count). The predicted octanol–water partition coefficient (Wildman–Crippen LogP) is 2.53. The van der Waals surface area contributed by atoms with Gasteiger partial charge in [0.25, 0.3) is 5.91 Å². The lowest BCUT2D eigenvalue weighted by Gasteiger charge is -2.11. The van der Waals surface area contributed by atoms with Gasteiger partial charge in [-0.25, -0.2) is 13.6 Å². The summed E-state index contributed by atoms with van der Waals surface area (Å²) < 4.78 is 37.4. The Morgan fingerprint density at radius 3 is 2.26 bits per heavy atom. The highest BCUT2D eigenvalue weighted by atomic mass is 19.1. The van der Waals surface area contributed by atoms with Crippen LogP contribution in [-0.2, 0) is 4.74 Å². The molecule has 7 heteroatoms. The number of amides is 1. The van der Waals surface area contributed by atoms with Crippen LogP contribution in [0.15, 0.2) is 30.3 Å². The summed E-state index contributed by atoms with van der Waals surface area (Å²) in [6.45, 7) is 0. The summed E-state index contributed by atoms with van der Waals surface area (Å²) in [5.41, 5.74) is 4.86. The zero-order valence-corrected chi connectivity index (χ0v) is 12.4. The summed E-state index contributed by atoms with van der Waals surface area (Å²) >= 11 is 0. The van der Waals surface area contributed by atoms with Crippen molar-refractivity contribution in [1.82, 2.24) is 0 Å². The average Bonchev–Trinajstić information content (AvgIpc) is 2.54. The second-order valence-electron chi connectivity index (χ2n) is 4.58. The third-order valence-electron chi connectivity index (χ3n) is 3.24. The van der Waals surface area contributed by atoms with Gasteiger partial charge in [-0.2, -0.15) is 0 Å². The maximum absolute atomic E-state index is 14.3. The molecule has 2 aromatic rings. The number of halogens is 2. The van der Waals surface area contributed by atoms with Gasteiger partial charge in [0.1, 0.15) is 22.9 Å². The molecule has 0 aliphatic rings. The van der Waals surface area contributed by atoms with Crippen molar-refractivity contribution in [2.75, 3.05) is 14.2 Å². The van der Waals surface area contributed by atoms with Gasteiger partial charge in [-0.05, 0) is 23.8 Å². The molecule has 0 atom stereocenters. The topological polar surface area (TPSA) is 78.6 Å². The van der Waals surface area contributed by atoms with Gasteiger partial charge in [0, 0.05) is 11.6 Å². The molecule has 0 fully saturated rings. The Morgan fingerprint density at radius 1 is 1.00 bits per heavy atom. The van der Waals surface area contributed by atoms with Crippen LogP contribution in [0.3, 0.4) is 0 Å². The summed E-state index contributed by atoms with van der Waals surface area (Å²) in [7, 11) is 2.46. The lowest BCUT2D eigenvalue weighted by molar-refractivity contribution is 0.0597. The number of primary amides is 1. The molecule has 0 saturated heterocycles. The highest BCUT2D eigenvalue weighted by Gasteiger charge is 2.19. The number of ether oxygens (including phenoxy) is 2. The minimum absolute atomic E-state index is 0.00338. The van der Waals surface area contributed by atoms with Gasteiger partial charge in [0.2, 0.25) is 0 Å². The molecule has 0 aliphatic heterocycles. The van der Waals surface area contributed by atoms with Crippen LogP contribution >= 0.6 is 0 Å². The monoisotopic (exact) mass is 321 g/mol. The summed E-state index contributed by atoms with van der Waals surface area (Å²) in [6.07, 6.45) is 0. The van der Waals surface area contributed by atoms with E-state index >= 15 is 0 Å². The molecule has 0 bridgehead atoms. The van der Waals surface area contributed by atoms with Crippen LogP contribution < -0.4 is 10.5 Å². The number of rotatable bonds is 4. The first-order valence-electron chi connectivity index (χ1n) is 6.44. The number of methoxy groups -OCH3 is 2. The molecule has 2 aromatic carbocycles. The van der Waals surface area contributed by atoms with Crippen molar-refractivity contribution >= 4 is 11.9 Å². The molecule has 0 unspecified atom stereocenters. The molecule has 0 saturated carbocycles. The van der Waals surface area contributed by atoms with Gasteiger partial charge in [-0.15, -0.1) is 0 Å². The van der Waals surface area contributed by atoms with Crippen LogP contribution in [-0.4, -0.2) is 26.1 Å². The van der Waals surface area contributed by atoms with Crippen molar-refractivity contribution in [3.8, 4) is 16.9 Å². The van der Waals surface area contributed by atoms with E-state index in [0.29, 0.717) is 0 Å². The van der Waals surface area contributed by atoms with E-state index in [1.54, 1.807) is 0 Å². The number of carbonyl (C=O) groups is 2. The van der Waals surface area contributed by atoms with Gasteiger partial charge in [0.15, 0.2) is 0 Å². The fourth-order valence-electron chi connectivity index (χ4n) is 2.10. The minimum Gasteiger partial charge on any atom is -0.496 e. The zero-order valence-electron chi connectivity index (χ0n) is 12.4. The number of hydrogen-bond donors (Lipinski definition) is 1. The lowest BCUT2D eigenvalue weighted by Crippen LogP contribution is -2.13. The number of nitrogens with two attached hydrogens (primary N) is 1. The molecule has 0 aromatic heterocycles. The van der Waals surface area contributed by atoms with Crippen LogP contribution in [0.5, 0.6) is 5.75 Å². The molecule has 5 nitrogen and oxygen atoms in total. The maximum Gasteiger partial charge on any atom is 0.341 e. The third kappa shape index (κ3) is 3.13. The van der Waals surface area contributed by atoms with Gasteiger partial charge in [-0.1, -0.05) is 6.07 Å². The van der Waals surface area contributed by atoms with Crippen LogP contribution in [0.25, 0.3) is 11.1 Å². The number of carbonyl (C=O) groups excluding carboxylic acids is 2. The van der Waals surface area contributed by atoms with E-state index in [2.05, 4.69) is 4.74 Å². The first-order chi connectivity index (χ1) is 10.9. The largest absolute Gasteiger partial charge is 0.496 e. The van der Waals surface area contributed by atoms with E-state index in [1.165, 1.54) is 26.4 Å². The Bertz CT molecular complexity index is 790. The third-order valence-corrected chi connectivity index (χ3v) is 3.24. The van der Waals surface area contributed by atoms with E-state index in [9.17, 15) is 18.4 Å². The van der Waals surface area contributed by atoms with Gasteiger partial charge < -0.3 is 15.2 Å². The lowest BCUT2D eigenvalue weighted by atomic mass is 9.99. The first kappa shape index (κ1) is 16.4. The minimum atomic E-state index is -0.980. The Morgan fingerprint density at radius 2 is 1.70 bits per heavy atom. The van der Waals surface area contributed by atoms with E-state index in [-0.39, 0.29) is 28.0 Å². The predicted molar refractivity (Wildman–Crippen MR) is 78.2 cm³/mol. The van der Waals surface area contributed by atoms with Crippen molar-refractivity contribution in [3.63, 3.8) is 0 Å². The van der Waals surface area contributed by atoms with E-state index in [1.807, 2.05) is 0 Å². The molecule has 0 aliphatic carbocycles. The molecule has 23 heavy (non-hydrogen) atoms. The number of benzene rings is 2. The second kappa shape index (κ2) is 6.43. The highest BCUT2D eigenvalue weighted by Crippen LogP contribution is 2.31. The van der Waals surface area contributed by atoms with Crippen molar-refractivity contribution in [1.29, 1.82) is 0 Å². The maximum atomic E-state index is 14.3. The molecule has 0 heterocycles. The Balaban J connectivity index is 2.66. The highest BCUT2D eigenvalue weighted by molar-refractivity contribution is 5.96. The van der Waals surface area contributed by atoms with Crippen molar-refractivity contribution in [2.24, 2.45) is 5.73 Å². The van der Waals surface area contributed by atoms with E-state index in [4.69, 9.17) is 10.5 Å². The Hall–Kier alpha value is -2.96. The summed E-state index contributed by atoms with van der Waals surface area (Å²) in [5, 5.41) is 0. The van der Waals surface area contributed by atoms with Crippen LogP contribution in [0, 0.1) is 11.6 Å². The summed E-state index contributed by atoms with van der Waals surface area (Å²) in [6, 6.07) is 5.60. The quantitative estimate of drug-likeness (QED) is 0.878. The molecular weight excluding hydrogens is 308 g/mol. The van der Waals surface area contributed by atoms with Gasteiger partial charge in [-0.3, -0.25) is 4.79 Å². The molecule has 1 amide bonds. The average molecular weight is 321 g/mol. The Labute approximate surface area is 130 Å². The molecule has 2 N–H and O–H groups in total. The summed E-state index contributed by atoms with van der Waals surface area (Å²) in [5.74, 6) is -3.23. The van der Waals surface area contributed by atoms with Crippen LogP contribution in [0.2, 0.25) is 0 Å². The van der Waals surface area contributed by atoms with Crippen LogP contribution in [0.1, 0.15) is 20.7 Å². The van der Waals surface area contributed by atoms with Gasteiger partial charge >= 0.3 is 5.97 Å². The molecule has 0 radical (unpaired) electrons. The summed E-state index contributed by atoms with van der Waals surface area (Å²) in [4.78, 5) is 23.0. The fourth-order valence-corrected chi connectivity index (χ4v) is 2.10. The Kier molecular flexibility index (Phi) is 4.59. The van der Waals surface area contributed by atoms with Crippen molar-refractivity contribution in [2.45, 2.75) is 0 Å². The zero-order chi connectivity index (χ0) is 17.1. The standard InChI is InChI=1S/C16H13F2NO4/c1-22-14-7-13(18)9(6-11(14)16(21)23-2)8-3-4-12(17)10(5-8)15(19)20/h3-7H,1-2H3,(H2,19,20). The molecular formula is C16H13F2NO4. The number of esters is 1. The molecule has 0 spiro atoms. The normalized spacial score (nSPS) is 10.3. The van der Waals surface area contributed by atoms with Crippen molar-refractivity contribution in [3.05, 3.63) is 53.1 Å².